The van der Waals surface area contributed by atoms with Crippen LogP contribution in [0.3, 0.4) is 0 Å². The molecule has 0 bridgehead atoms. The quantitative estimate of drug-likeness (QED) is 0.784. The van der Waals surface area contributed by atoms with Gasteiger partial charge in [0.05, 0.1) is 18.1 Å². The average Bonchev–Trinajstić information content (AvgIpc) is 3.02. The number of aromatic nitrogens is 6. The highest BCUT2D eigenvalue weighted by atomic mass is 35.5. The van der Waals surface area contributed by atoms with Crippen LogP contribution in [0.15, 0.2) is 43.0 Å². The summed E-state index contributed by atoms with van der Waals surface area (Å²) in [6.07, 6.45) is 4.16. The van der Waals surface area contributed by atoms with Gasteiger partial charge in [0.1, 0.15) is 17.2 Å². The highest BCUT2D eigenvalue weighted by molar-refractivity contribution is 6.29. The Morgan fingerprint density at radius 2 is 2.19 bits per heavy atom. The van der Waals surface area contributed by atoms with E-state index in [0.29, 0.717) is 5.69 Å². The first kappa shape index (κ1) is 13.1. The van der Waals surface area contributed by atoms with E-state index in [9.17, 15) is 4.79 Å². The highest BCUT2D eigenvalue weighted by Gasteiger charge is 2.09. The van der Waals surface area contributed by atoms with Crippen molar-refractivity contribution in [1.29, 1.82) is 0 Å². The standard InChI is InChI=1S/C12H8ClN7O/c13-11-6-14-5-10(17-11)12(21)16-8-2-1-3-9(4-8)20-7-15-18-19-20/h1-7H,(H,16,21). The third kappa shape index (κ3) is 3.00. The lowest BCUT2D eigenvalue weighted by molar-refractivity contribution is 0.102. The molecule has 0 aliphatic carbocycles. The zero-order chi connectivity index (χ0) is 14.7. The first-order valence-corrected chi connectivity index (χ1v) is 6.22. The third-order valence-electron chi connectivity index (χ3n) is 2.56. The van der Waals surface area contributed by atoms with Gasteiger partial charge in [-0.1, -0.05) is 17.7 Å². The van der Waals surface area contributed by atoms with Crippen molar-refractivity contribution < 1.29 is 4.79 Å². The number of nitrogens with one attached hydrogen (secondary N) is 1. The van der Waals surface area contributed by atoms with Gasteiger partial charge in [-0.15, -0.1) is 5.10 Å². The van der Waals surface area contributed by atoms with Crippen molar-refractivity contribution in [2.24, 2.45) is 0 Å². The molecule has 9 heteroatoms. The molecule has 2 aromatic heterocycles. The molecule has 0 aliphatic heterocycles. The maximum absolute atomic E-state index is 12.0. The summed E-state index contributed by atoms with van der Waals surface area (Å²) in [5.74, 6) is -0.404. The van der Waals surface area contributed by atoms with Gasteiger partial charge < -0.3 is 5.32 Å². The second kappa shape index (κ2) is 5.63. The van der Waals surface area contributed by atoms with E-state index < -0.39 is 5.91 Å². The lowest BCUT2D eigenvalue weighted by Crippen LogP contribution is -2.14. The Bertz CT molecular complexity index is 775. The smallest absolute Gasteiger partial charge is 0.275 e. The summed E-state index contributed by atoms with van der Waals surface area (Å²) in [4.78, 5) is 19.8. The zero-order valence-corrected chi connectivity index (χ0v) is 11.3. The summed E-state index contributed by atoms with van der Waals surface area (Å²) in [5.41, 5.74) is 1.43. The van der Waals surface area contributed by atoms with Crippen LogP contribution in [0, 0.1) is 0 Å². The molecule has 0 saturated carbocycles. The summed E-state index contributed by atoms with van der Waals surface area (Å²) in [5, 5.41) is 13.8. The van der Waals surface area contributed by atoms with Crippen LogP contribution in [-0.4, -0.2) is 36.1 Å². The van der Waals surface area contributed by atoms with Gasteiger partial charge in [0.25, 0.3) is 5.91 Å². The number of hydrogen-bond acceptors (Lipinski definition) is 6. The molecule has 2 heterocycles. The van der Waals surface area contributed by atoms with Gasteiger partial charge in [-0.3, -0.25) is 9.78 Å². The molecule has 1 amide bonds. The van der Waals surface area contributed by atoms with Crippen molar-refractivity contribution in [2.75, 3.05) is 5.32 Å². The summed E-state index contributed by atoms with van der Waals surface area (Å²) in [6.45, 7) is 0. The average molecular weight is 302 g/mol. The molecule has 0 saturated heterocycles. The first-order valence-electron chi connectivity index (χ1n) is 5.85. The molecular weight excluding hydrogens is 294 g/mol. The van der Waals surface area contributed by atoms with Crippen LogP contribution in [0.5, 0.6) is 0 Å². The first-order chi connectivity index (χ1) is 10.2. The van der Waals surface area contributed by atoms with Gasteiger partial charge in [-0.2, -0.15) is 0 Å². The molecule has 0 radical (unpaired) electrons. The van der Waals surface area contributed by atoms with Crippen molar-refractivity contribution in [3.8, 4) is 5.69 Å². The maximum atomic E-state index is 12.0. The molecule has 0 aliphatic rings. The lowest BCUT2D eigenvalue weighted by atomic mass is 10.2. The largest absolute Gasteiger partial charge is 0.321 e. The van der Waals surface area contributed by atoms with E-state index in [1.54, 1.807) is 18.2 Å². The predicted octanol–water partition coefficient (Wildman–Crippen LogP) is 1.36. The number of carbonyl (C=O) groups excluding carboxylic acids is 1. The molecule has 0 atom stereocenters. The van der Waals surface area contributed by atoms with E-state index in [2.05, 4.69) is 30.8 Å². The Hall–Kier alpha value is -2.87. The van der Waals surface area contributed by atoms with Crippen LogP contribution in [-0.2, 0) is 0 Å². The van der Waals surface area contributed by atoms with E-state index in [1.165, 1.54) is 23.4 Å². The summed E-state index contributed by atoms with van der Waals surface area (Å²) in [7, 11) is 0. The fourth-order valence-corrected chi connectivity index (χ4v) is 1.80. The Morgan fingerprint density at radius 1 is 1.29 bits per heavy atom. The minimum Gasteiger partial charge on any atom is -0.321 e. The van der Waals surface area contributed by atoms with E-state index in [1.807, 2.05) is 6.07 Å². The van der Waals surface area contributed by atoms with Crippen molar-refractivity contribution >= 4 is 23.2 Å². The zero-order valence-electron chi connectivity index (χ0n) is 10.5. The number of benzene rings is 1. The number of nitrogens with zero attached hydrogens (tertiary/aromatic N) is 6. The molecular formula is C12H8ClN7O. The number of amides is 1. The number of carbonyl (C=O) groups is 1. The van der Waals surface area contributed by atoms with Gasteiger partial charge in [0, 0.05) is 5.69 Å². The van der Waals surface area contributed by atoms with E-state index >= 15 is 0 Å². The second-order valence-electron chi connectivity index (χ2n) is 3.99. The van der Waals surface area contributed by atoms with Crippen LogP contribution >= 0.6 is 11.6 Å². The molecule has 0 unspecified atom stereocenters. The van der Waals surface area contributed by atoms with Crippen LogP contribution in [0.4, 0.5) is 5.69 Å². The number of hydrogen-bond donors (Lipinski definition) is 1. The van der Waals surface area contributed by atoms with E-state index in [4.69, 9.17) is 11.6 Å². The van der Waals surface area contributed by atoms with Gasteiger partial charge in [0.2, 0.25) is 0 Å². The Morgan fingerprint density at radius 3 is 2.95 bits per heavy atom. The third-order valence-corrected chi connectivity index (χ3v) is 2.74. The molecule has 104 valence electrons. The molecule has 0 fully saturated rings. The maximum Gasteiger partial charge on any atom is 0.275 e. The number of tetrazole rings is 1. The minimum atomic E-state index is -0.404. The van der Waals surface area contributed by atoms with Crippen LogP contribution < -0.4 is 5.32 Å². The number of halogens is 1. The molecule has 1 N–H and O–H groups in total. The van der Waals surface area contributed by atoms with Crippen LogP contribution in [0.1, 0.15) is 10.5 Å². The molecule has 8 nitrogen and oxygen atoms in total. The Balaban J connectivity index is 1.82. The fourth-order valence-electron chi connectivity index (χ4n) is 1.65. The van der Waals surface area contributed by atoms with Gasteiger partial charge >= 0.3 is 0 Å². The monoisotopic (exact) mass is 301 g/mol. The van der Waals surface area contributed by atoms with Crippen LogP contribution in [0.25, 0.3) is 5.69 Å². The van der Waals surface area contributed by atoms with Crippen molar-refractivity contribution in [3.63, 3.8) is 0 Å². The molecule has 21 heavy (non-hydrogen) atoms. The van der Waals surface area contributed by atoms with Gasteiger partial charge in [-0.25, -0.2) is 9.67 Å². The van der Waals surface area contributed by atoms with Gasteiger partial charge in [0.15, 0.2) is 0 Å². The lowest BCUT2D eigenvalue weighted by Gasteiger charge is -2.06. The molecule has 3 aromatic rings. The normalized spacial score (nSPS) is 10.3. The minimum absolute atomic E-state index is 0.135. The number of rotatable bonds is 3. The van der Waals surface area contributed by atoms with Gasteiger partial charge in [-0.05, 0) is 28.6 Å². The topological polar surface area (TPSA) is 98.5 Å². The Kier molecular flexibility index (Phi) is 3.52. The molecule has 3 rings (SSSR count). The van der Waals surface area contributed by atoms with Crippen molar-refractivity contribution in [2.45, 2.75) is 0 Å². The van der Waals surface area contributed by atoms with Crippen molar-refractivity contribution in [1.82, 2.24) is 30.2 Å². The second-order valence-corrected chi connectivity index (χ2v) is 4.37. The van der Waals surface area contributed by atoms with E-state index in [-0.39, 0.29) is 10.8 Å². The summed E-state index contributed by atoms with van der Waals surface area (Å²) < 4.78 is 1.48. The Labute approximate surface area is 123 Å². The van der Waals surface area contributed by atoms with Crippen molar-refractivity contribution in [3.05, 3.63) is 53.8 Å². The number of anilines is 1. The van der Waals surface area contributed by atoms with E-state index in [0.717, 1.165) is 5.69 Å². The van der Waals surface area contributed by atoms with Crippen LogP contribution in [0.2, 0.25) is 5.15 Å². The summed E-state index contributed by atoms with van der Waals surface area (Å²) in [6, 6.07) is 7.05. The summed E-state index contributed by atoms with van der Waals surface area (Å²) >= 11 is 5.71. The fraction of sp³-hybridized carbons (Fsp3) is 0. The molecule has 0 spiro atoms. The molecule has 1 aromatic carbocycles. The highest BCUT2D eigenvalue weighted by Crippen LogP contribution is 2.14. The SMILES string of the molecule is O=C(Nc1cccc(-n2cnnn2)c1)c1cncc(Cl)n1. The predicted molar refractivity (Wildman–Crippen MR) is 74.1 cm³/mol.